The summed E-state index contributed by atoms with van der Waals surface area (Å²) < 4.78 is 0. The lowest BCUT2D eigenvalue weighted by Gasteiger charge is -2.26. The molecule has 0 bridgehead atoms. The lowest BCUT2D eigenvalue weighted by molar-refractivity contribution is 0.706. The maximum atomic E-state index is 2.48. The molecule has 0 radical (unpaired) electrons. The Bertz CT molecular complexity index is 112. The van der Waals surface area contributed by atoms with Crippen molar-refractivity contribution in [3.63, 3.8) is 0 Å². The van der Waals surface area contributed by atoms with E-state index in [1.165, 1.54) is 12.1 Å². The van der Waals surface area contributed by atoms with Crippen LogP contribution < -0.4 is 0 Å². The van der Waals surface area contributed by atoms with E-state index in [0.717, 1.165) is 5.92 Å². The van der Waals surface area contributed by atoms with Gasteiger partial charge in [-0.15, -0.1) is 0 Å². The van der Waals surface area contributed by atoms with Gasteiger partial charge in [0.2, 0.25) is 0 Å². The molecule has 0 aromatic heterocycles. The van der Waals surface area contributed by atoms with E-state index in [1.54, 1.807) is 0 Å². The fourth-order valence-corrected chi connectivity index (χ4v) is 6.92. The third-order valence-corrected chi connectivity index (χ3v) is 5.77. The molecule has 0 aromatic rings. The summed E-state index contributed by atoms with van der Waals surface area (Å²) in [6.45, 7) is 17.3. The third-order valence-electron chi connectivity index (χ3n) is 1.92. The minimum atomic E-state index is -0.798. The van der Waals surface area contributed by atoms with Gasteiger partial charge in [0.1, 0.15) is 0 Å². The van der Waals surface area contributed by atoms with Crippen LogP contribution in [0.1, 0.15) is 6.92 Å². The Kier molecular flexibility index (Phi) is 4.24. The molecule has 0 aliphatic carbocycles. The van der Waals surface area contributed by atoms with Crippen LogP contribution in [-0.2, 0) is 0 Å². The largest absolute Gasteiger partial charge is 0.0695 e. The van der Waals surface area contributed by atoms with Crippen LogP contribution in [0.3, 0.4) is 0 Å². The van der Waals surface area contributed by atoms with Gasteiger partial charge in [-0.05, 0) is 5.92 Å². The standard InChI is InChI=1S/C10H26Si2/c1-10(8-11(2,3)4)9-12(5,6)7/h10H,8-9H2,1-7H3. The first kappa shape index (κ1) is 12.4. The maximum Gasteiger partial charge on any atom is 0.0445 e. The van der Waals surface area contributed by atoms with Gasteiger partial charge in [0, 0.05) is 16.1 Å². The van der Waals surface area contributed by atoms with Crippen LogP contribution in [0.25, 0.3) is 0 Å². The summed E-state index contributed by atoms with van der Waals surface area (Å²) in [5, 5.41) is 0. The molecule has 0 spiro atoms. The summed E-state index contributed by atoms with van der Waals surface area (Å²) in [6, 6.07) is 3.02. The van der Waals surface area contributed by atoms with Gasteiger partial charge in [-0.2, -0.15) is 0 Å². The molecule has 0 N–H and O–H groups in total. The van der Waals surface area contributed by atoms with Crippen molar-refractivity contribution < 1.29 is 0 Å². The average molecular weight is 202 g/mol. The highest BCUT2D eigenvalue weighted by molar-refractivity contribution is 6.77. The van der Waals surface area contributed by atoms with E-state index in [2.05, 4.69) is 46.2 Å². The van der Waals surface area contributed by atoms with E-state index in [-0.39, 0.29) is 0 Å². The molecule has 2 heteroatoms. The van der Waals surface area contributed by atoms with Crippen LogP contribution in [0.4, 0.5) is 0 Å². The molecule has 0 heterocycles. The van der Waals surface area contributed by atoms with Gasteiger partial charge in [-0.25, -0.2) is 0 Å². The van der Waals surface area contributed by atoms with Gasteiger partial charge in [0.15, 0.2) is 0 Å². The number of hydrogen-bond acceptors (Lipinski definition) is 0. The van der Waals surface area contributed by atoms with E-state index in [0.29, 0.717) is 0 Å². The van der Waals surface area contributed by atoms with Crippen LogP contribution in [-0.4, -0.2) is 16.1 Å². The van der Waals surface area contributed by atoms with Gasteiger partial charge in [0.25, 0.3) is 0 Å². The Balaban J connectivity index is 3.83. The Morgan fingerprint density at radius 3 is 1.17 bits per heavy atom. The molecule has 0 aliphatic rings. The second-order valence-electron chi connectivity index (χ2n) is 6.63. The van der Waals surface area contributed by atoms with Crippen molar-refractivity contribution in [3.05, 3.63) is 0 Å². The molecule has 12 heavy (non-hydrogen) atoms. The summed E-state index contributed by atoms with van der Waals surface area (Å²) in [5.41, 5.74) is 0. The summed E-state index contributed by atoms with van der Waals surface area (Å²) in [6.07, 6.45) is 0. The molecule has 0 fully saturated rings. The topological polar surface area (TPSA) is 0 Å². The van der Waals surface area contributed by atoms with E-state index in [4.69, 9.17) is 0 Å². The van der Waals surface area contributed by atoms with Crippen LogP contribution in [0.2, 0.25) is 51.4 Å². The zero-order chi connectivity index (χ0) is 9.99. The highest BCUT2D eigenvalue weighted by Gasteiger charge is 2.22. The normalized spacial score (nSPS) is 14.0. The van der Waals surface area contributed by atoms with E-state index >= 15 is 0 Å². The van der Waals surface area contributed by atoms with Crippen molar-refractivity contribution in [1.82, 2.24) is 0 Å². The highest BCUT2D eigenvalue weighted by Crippen LogP contribution is 2.24. The monoisotopic (exact) mass is 202 g/mol. The fourth-order valence-electron chi connectivity index (χ4n) is 2.16. The van der Waals surface area contributed by atoms with E-state index in [1.807, 2.05) is 0 Å². The van der Waals surface area contributed by atoms with Gasteiger partial charge in [-0.1, -0.05) is 58.3 Å². The number of hydrogen-bond donors (Lipinski definition) is 0. The Morgan fingerprint density at radius 1 is 0.750 bits per heavy atom. The molecule has 0 saturated heterocycles. The molecular weight excluding hydrogens is 176 g/mol. The predicted octanol–water partition coefficient (Wildman–Crippen LogP) is 4.30. The lowest BCUT2D eigenvalue weighted by Crippen LogP contribution is -2.28. The average Bonchev–Trinajstić information content (AvgIpc) is 1.49. The molecule has 74 valence electrons. The van der Waals surface area contributed by atoms with Crippen molar-refractivity contribution in [2.45, 2.75) is 58.3 Å². The molecule has 0 atom stereocenters. The lowest BCUT2D eigenvalue weighted by atomic mass is 10.3. The smallest absolute Gasteiger partial charge is 0.0445 e. The molecule has 0 rings (SSSR count). The van der Waals surface area contributed by atoms with Crippen LogP contribution in [0.15, 0.2) is 0 Å². The second kappa shape index (κ2) is 4.10. The molecule has 0 aromatic carbocycles. The van der Waals surface area contributed by atoms with E-state index in [9.17, 15) is 0 Å². The van der Waals surface area contributed by atoms with Crippen LogP contribution in [0, 0.1) is 5.92 Å². The fraction of sp³-hybridized carbons (Fsp3) is 1.00. The molecule has 0 unspecified atom stereocenters. The van der Waals surface area contributed by atoms with Crippen molar-refractivity contribution in [3.8, 4) is 0 Å². The summed E-state index contributed by atoms with van der Waals surface area (Å²) >= 11 is 0. The van der Waals surface area contributed by atoms with Crippen molar-refractivity contribution in [2.24, 2.45) is 5.92 Å². The Morgan fingerprint density at radius 2 is 1.00 bits per heavy atom. The first-order chi connectivity index (χ1) is 5.10. The van der Waals surface area contributed by atoms with E-state index < -0.39 is 16.1 Å². The zero-order valence-electron chi connectivity index (χ0n) is 9.99. The molecule has 0 amide bonds. The minimum Gasteiger partial charge on any atom is -0.0695 e. The minimum absolute atomic E-state index is 0.798. The third kappa shape index (κ3) is 8.53. The summed E-state index contributed by atoms with van der Waals surface area (Å²) in [5.74, 6) is 0.975. The van der Waals surface area contributed by atoms with Gasteiger partial charge < -0.3 is 0 Å². The second-order valence-corrected chi connectivity index (χ2v) is 17.7. The Hall–Kier alpha value is 0.434. The maximum absolute atomic E-state index is 2.48. The first-order valence-corrected chi connectivity index (χ1v) is 12.5. The van der Waals surface area contributed by atoms with Gasteiger partial charge >= 0.3 is 0 Å². The van der Waals surface area contributed by atoms with Crippen molar-refractivity contribution >= 4 is 16.1 Å². The first-order valence-electron chi connectivity index (χ1n) is 5.10. The quantitative estimate of drug-likeness (QED) is 0.596. The zero-order valence-corrected chi connectivity index (χ0v) is 12.0. The molecule has 0 nitrogen and oxygen atoms in total. The summed E-state index contributed by atoms with van der Waals surface area (Å²) in [4.78, 5) is 0. The number of rotatable bonds is 4. The van der Waals surface area contributed by atoms with Crippen molar-refractivity contribution in [1.29, 1.82) is 0 Å². The molecular formula is C10H26Si2. The molecule has 0 aliphatic heterocycles. The van der Waals surface area contributed by atoms with Gasteiger partial charge in [-0.3, -0.25) is 0 Å². The Labute approximate surface area is 80.8 Å². The highest BCUT2D eigenvalue weighted by atomic mass is 28.3. The summed E-state index contributed by atoms with van der Waals surface area (Å²) in [7, 11) is -1.60. The molecule has 0 saturated carbocycles. The van der Waals surface area contributed by atoms with Crippen LogP contribution in [0.5, 0.6) is 0 Å². The van der Waals surface area contributed by atoms with Crippen molar-refractivity contribution in [2.75, 3.05) is 0 Å². The van der Waals surface area contributed by atoms with Gasteiger partial charge in [0.05, 0.1) is 0 Å². The van der Waals surface area contributed by atoms with Crippen LogP contribution >= 0.6 is 0 Å². The predicted molar refractivity (Wildman–Crippen MR) is 65.5 cm³/mol. The SMILES string of the molecule is CC(C[Si](C)(C)C)C[Si](C)(C)C.